The number of hydrogen-bond donors (Lipinski definition) is 1. The minimum atomic E-state index is 0.0993. The van der Waals surface area contributed by atoms with Crippen LogP contribution in [0.4, 0.5) is 5.69 Å². The normalized spacial score (nSPS) is 21.2. The highest BCUT2D eigenvalue weighted by Gasteiger charge is 2.31. The zero-order valence-electron chi connectivity index (χ0n) is 13.6. The molecule has 1 fully saturated rings. The highest BCUT2D eigenvalue weighted by molar-refractivity contribution is 5.95. The number of carbonyl (C=O) groups is 1. The molecule has 0 aliphatic carbocycles. The molecule has 2 aromatic rings. The molecule has 1 heterocycles. The first-order chi connectivity index (χ1) is 11.2. The summed E-state index contributed by atoms with van der Waals surface area (Å²) in [5.41, 5.74) is 8.54. The van der Waals surface area contributed by atoms with Gasteiger partial charge in [0.1, 0.15) is 0 Å². The average molecular weight is 308 g/mol. The molecule has 23 heavy (non-hydrogen) atoms. The van der Waals surface area contributed by atoms with E-state index in [1.54, 1.807) is 6.07 Å². The van der Waals surface area contributed by atoms with Gasteiger partial charge in [0.2, 0.25) is 0 Å². The number of likely N-dealkylation sites (tertiary alicyclic amines) is 1. The Hall–Kier alpha value is -2.29. The minimum absolute atomic E-state index is 0.0993. The number of carbonyl (C=O) groups excluding carboxylic acids is 1. The molecule has 0 bridgehead atoms. The van der Waals surface area contributed by atoms with Gasteiger partial charge < -0.3 is 10.6 Å². The lowest BCUT2D eigenvalue weighted by atomic mass is 9.79. The van der Waals surface area contributed by atoms with Crippen LogP contribution in [0.25, 0.3) is 0 Å². The Morgan fingerprint density at radius 3 is 2.65 bits per heavy atom. The second-order valence-corrected chi connectivity index (χ2v) is 6.35. The van der Waals surface area contributed by atoms with E-state index in [0.29, 0.717) is 23.1 Å². The fourth-order valence-corrected chi connectivity index (χ4v) is 3.62. The van der Waals surface area contributed by atoms with Crippen LogP contribution in [0.1, 0.15) is 41.6 Å². The third kappa shape index (κ3) is 3.39. The predicted molar refractivity (Wildman–Crippen MR) is 94.3 cm³/mol. The predicted octanol–water partition coefficient (Wildman–Crippen LogP) is 3.92. The molecule has 1 saturated heterocycles. The molecule has 3 nitrogen and oxygen atoms in total. The van der Waals surface area contributed by atoms with Crippen molar-refractivity contribution in [1.29, 1.82) is 0 Å². The molecule has 0 aromatic heterocycles. The molecule has 2 unspecified atom stereocenters. The van der Waals surface area contributed by atoms with Gasteiger partial charge in [-0.25, -0.2) is 0 Å². The molecular formula is C20H24N2O. The quantitative estimate of drug-likeness (QED) is 0.873. The Kier molecular flexibility index (Phi) is 4.65. The van der Waals surface area contributed by atoms with E-state index in [9.17, 15) is 4.79 Å². The summed E-state index contributed by atoms with van der Waals surface area (Å²) >= 11 is 0. The molecule has 3 heteroatoms. The van der Waals surface area contributed by atoms with E-state index >= 15 is 0 Å². The lowest BCUT2D eigenvalue weighted by Crippen LogP contribution is -2.42. The molecule has 0 saturated carbocycles. The Morgan fingerprint density at radius 1 is 1.17 bits per heavy atom. The first kappa shape index (κ1) is 15.6. The number of piperidine rings is 1. The lowest BCUT2D eigenvalue weighted by molar-refractivity contribution is 0.0645. The summed E-state index contributed by atoms with van der Waals surface area (Å²) in [6.07, 6.45) is 2.11. The first-order valence-electron chi connectivity index (χ1n) is 8.38. The van der Waals surface area contributed by atoms with Gasteiger partial charge >= 0.3 is 0 Å². The Balaban J connectivity index is 1.75. The minimum Gasteiger partial charge on any atom is -0.399 e. The van der Waals surface area contributed by atoms with E-state index in [4.69, 9.17) is 5.73 Å². The summed E-state index contributed by atoms with van der Waals surface area (Å²) in [5, 5.41) is 0. The van der Waals surface area contributed by atoms with E-state index in [-0.39, 0.29) is 5.91 Å². The van der Waals surface area contributed by atoms with Gasteiger partial charge in [0.25, 0.3) is 5.91 Å². The third-order valence-electron chi connectivity index (χ3n) is 4.91. The SMILES string of the molecule is CCC1CN(C(=O)c2cccc(N)c2)CCC1c1ccccc1. The zero-order valence-corrected chi connectivity index (χ0v) is 13.6. The highest BCUT2D eigenvalue weighted by Crippen LogP contribution is 2.35. The van der Waals surface area contributed by atoms with Crippen molar-refractivity contribution in [3.8, 4) is 0 Å². The number of amides is 1. The standard InChI is InChI=1S/C20H24N2O/c1-2-15-14-22(20(23)17-9-6-10-18(21)13-17)12-11-19(15)16-7-4-3-5-8-16/h3-10,13,15,19H,2,11-12,14,21H2,1H3. The molecule has 3 rings (SSSR count). The number of hydrogen-bond acceptors (Lipinski definition) is 2. The summed E-state index contributed by atoms with van der Waals surface area (Å²) in [6.45, 7) is 3.85. The summed E-state index contributed by atoms with van der Waals surface area (Å²) in [6, 6.07) is 18.0. The maximum atomic E-state index is 12.7. The van der Waals surface area contributed by atoms with Crippen molar-refractivity contribution in [3.63, 3.8) is 0 Å². The summed E-state index contributed by atoms with van der Waals surface area (Å²) < 4.78 is 0. The second-order valence-electron chi connectivity index (χ2n) is 6.35. The van der Waals surface area contributed by atoms with Gasteiger partial charge in [0, 0.05) is 24.3 Å². The number of benzene rings is 2. The fourth-order valence-electron chi connectivity index (χ4n) is 3.62. The highest BCUT2D eigenvalue weighted by atomic mass is 16.2. The monoisotopic (exact) mass is 308 g/mol. The second kappa shape index (κ2) is 6.86. The van der Waals surface area contributed by atoms with E-state index in [1.165, 1.54) is 5.56 Å². The number of nitrogen functional groups attached to an aromatic ring is 1. The van der Waals surface area contributed by atoms with E-state index in [2.05, 4.69) is 37.3 Å². The van der Waals surface area contributed by atoms with Gasteiger partial charge in [-0.1, -0.05) is 49.7 Å². The topological polar surface area (TPSA) is 46.3 Å². The van der Waals surface area contributed by atoms with Crippen molar-refractivity contribution in [2.75, 3.05) is 18.8 Å². The lowest BCUT2D eigenvalue weighted by Gasteiger charge is -2.38. The maximum absolute atomic E-state index is 12.7. The van der Waals surface area contributed by atoms with Crippen molar-refractivity contribution < 1.29 is 4.79 Å². The number of anilines is 1. The molecule has 2 atom stereocenters. The zero-order chi connectivity index (χ0) is 16.2. The van der Waals surface area contributed by atoms with Crippen LogP contribution in [-0.4, -0.2) is 23.9 Å². The molecule has 2 aromatic carbocycles. The van der Waals surface area contributed by atoms with Crippen LogP contribution in [0.3, 0.4) is 0 Å². The van der Waals surface area contributed by atoms with Gasteiger partial charge in [0.05, 0.1) is 0 Å². The van der Waals surface area contributed by atoms with Crippen molar-refractivity contribution in [1.82, 2.24) is 4.90 Å². The summed E-state index contributed by atoms with van der Waals surface area (Å²) in [5.74, 6) is 1.16. The summed E-state index contributed by atoms with van der Waals surface area (Å²) in [7, 11) is 0. The van der Waals surface area contributed by atoms with Crippen LogP contribution in [0, 0.1) is 5.92 Å². The van der Waals surface area contributed by atoms with Gasteiger partial charge in [-0.15, -0.1) is 0 Å². The van der Waals surface area contributed by atoms with Gasteiger partial charge in [-0.05, 0) is 42.0 Å². The van der Waals surface area contributed by atoms with E-state index < -0.39 is 0 Å². The van der Waals surface area contributed by atoms with Crippen molar-refractivity contribution in [2.45, 2.75) is 25.7 Å². The van der Waals surface area contributed by atoms with E-state index in [0.717, 1.165) is 25.9 Å². The molecule has 0 radical (unpaired) electrons. The maximum Gasteiger partial charge on any atom is 0.253 e. The smallest absolute Gasteiger partial charge is 0.253 e. The average Bonchev–Trinajstić information content (AvgIpc) is 2.61. The molecular weight excluding hydrogens is 284 g/mol. The Bertz CT molecular complexity index is 668. The largest absolute Gasteiger partial charge is 0.399 e. The summed E-state index contributed by atoms with van der Waals surface area (Å²) in [4.78, 5) is 14.7. The fraction of sp³-hybridized carbons (Fsp3) is 0.350. The van der Waals surface area contributed by atoms with Crippen LogP contribution in [0.15, 0.2) is 54.6 Å². The molecule has 120 valence electrons. The van der Waals surface area contributed by atoms with Crippen LogP contribution in [0.2, 0.25) is 0 Å². The van der Waals surface area contributed by atoms with E-state index in [1.807, 2.05) is 23.1 Å². The van der Waals surface area contributed by atoms with Crippen molar-refractivity contribution >= 4 is 11.6 Å². The first-order valence-corrected chi connectivity index (χ1v) is 8.38. The Morgan fingerprint density at radius 2 is 1.96 bits per heavy atom. The van der Waals surface area contributed by atoms with Gasteiger partial charge in [-0.2, -0.15) is 0 Å². The van der Waals surface area contributed by atoms with Crippen LogP contribution in [0.5, 0.6) is 0 Å². The number of nitrogens with zero attached hydrogens (tertiary/aromatic N) is 1. The molecule has 1 amide bonds. The van der Waals surface area contributed by atoms with Gasteiger partial charge in [-0.3, -0.25) is 4.79 Å². The molecule has 2 N–H and O–H groups in total. The molecule has 0 spiro atoms. The Labute approximate surface area is 138 Å². The van der Waals surface area contributed by atoms with Crippen LogP contribution < -0.4 is 5.73 Å². The third-order valence-corrected chi connectivity index (χ3v) is 4.91. The van der Waals surface area contributed by atoms with Crippen LogP contribution >= 0.6 is 0 Å². The van der Waals surface area contributed by atoms with Crippen molar-refractivity contribution in [2.24, 2.45) is 5.92 Å². The van der Waals surface area contributed by atoms with Crippen LogP contribution in [-0.2, 0) is 0 Å². The van der Waals surface area contributed by atoms with Gasteiger partial charge in [0.15, 0.2) is 0 Å². The molecule has 1 aliphatic heterocycles. The number of nitrogens with two attached hydrogens (primary N) is 1. The van der Waals surface area contributed by atoms with Crippen molar-refractivity contribution in [3.05, 3.63) is 65.7 Å². The number of rotatable bonds is 3. The molecule has 1 aliphatic rings.